The molecule has 1 aromatic heterocycles. The lowest BCUT2D eigenvalue weighted by Gasteiger charge is -2.12. The van der Waals surface area contributed by atoms with E-state index in [1.165, 1.54) is 6.92 Å². The molecule has 0 unspecified atom stereocenters. The second-order valence-corrected chi connectivity index (χ2v) is 4.14. The molecule has 0 fully saturated rings. The van der Waals surface area contributed by atoms with Crippen LogP contribution in [-0.2, 0) is 0 Å². The molecule has 3 nitrogen and oxygen atoms in total. The summed E-state index contributed by atoms with van der Waals surface area (Å²) in [7, 11) is 0. The van der Waals surface area contributed by atoms with E-state index < -0.39 is 17.4 Å². The van der Waals surface area contributed by atoms with Gasteiger partial charge in [-0.2, -0.15) is 0 Å². The van der Waals surface area contributed by atoms with Gasteiger partial charge in [-0.3, -0.25) is 9.78 Å². The Labute approximate surface area is 107 Å². The van der Waals surface area contributed by atoms with Crippen molar-refractivity contribution in [3.8, 4) is 5.75 Å². The minimum Gasteiger partial charge on any atom is -0.403 e. The van der Waals surface area contributed by atoms with Crippen LogP contribution in [0.4, 0.5) is 13.2 Å². The van der Waals surface area contributed by atoms with Crippen LogP contribution in [0.2, 0.25) is 0 Å². The van der Waals surface area contributed by atoms with Crippen molar-refractivity contribution in [1.29, 1.82) is 0 Å². The predicted octanol–water partition coefficient (Wildman–Crippen LogP) is 3.27. The average Bonchev–Trinajstić information content (AvgIpc) is 2.07. The number of pyridine rings is 1. The molecule has 1 aromatic rings. The van der Waals surface area contributed by atoms with Crippen molar-refractivity contribution in [3.63, 3.8) is 0 Å². The SMILES string of the molecule is Cc1ncc(OC(F)(F)F)c(I)c1C(=O)Cl. The minimum absolute atomic E-state index is 0.0116. The van der Waals surface area contributed by atoms with Crippen molar-refractivity contribution >= 4 is 39.4 Å². The van der Waals surface area contributed by atoms with Crippen molar-refractivity contribution in [1.82, 2.24) is 4.98 Å². The van der Waals surface area contributed by atoms with Gasteiger partial charge in [0, 0.05) is 0 Å². The molecule has 0 bridgehead atoms. The summed E-state index contributed by atoms with van der Waals surface area (Å²) in [4.78, 5) is 14.6. The lowest BCUT2D eigenvalue weighted by molar-refractivity contribution is -0.275. The molecule has 1 rings (SSSR count). The molecule has 0 aliphatic carbocycles. The number of carbonyl (C=O) groups excluding carboxylic acids is 1. The summed E-state index contributed by atoms with van der Waals surface area (Å²) in [6.45, 7) is 1.47. The Hall–Kier alpha value is -0.570. The van der Waals surface area contributed by atoms with Crippen molar-refractivity contribution < 1.29 is 22.7 Å². The molecular formula is C8H4ClF3INO2. The zero-order chi connectivity index (χ0) is 12.5. The number of hydrogen-bond donors (Lipinski definition) is 0. The van der Waals surface area contributed by atoms with E-state index in [1.54, 1.807) is 22.6 Å². The van der Waals surface area contributed by atoms with Gasteiger partial charge in [0.05, 0.1) is 21.0 Å². The van der Waals surface area contributed by atoms with Crippen molar-refractivity contribution in [2.24, 2.45) is 0 Å². The summed E-state index contributed by atoms with van der Waals surface area (Å²) in [5.41, 5.74) is 0.169. The van der Waals surface area contributed by atoms with Crippen LogP contribution >= 0.6 is 34.2 Å². The maximum atomic E-state index is 12.0. The summed E-state index contributed by atoms with van der Waals surface area (Å²) in [6, 6.07) is 0. The molecule has 0 aromatic carbocycles. The van der Waals surface area contributed by atoms with Crippen LogP contribution in [0, 0.1) is 10.5 Å². The Morgan fingerprint density at radius 1 is 1.56 bits per heavy atom. The summed E-state index contributed by atoms with van der Waals surface area (Å²) in [5, 5.41) is -0.873. The summed E-state index contributed by atoms with van der Waals surface area (Å²) in [6.07, 6.45) is -3.93. The number of hydrogen-bond acceptors (Lipinski definition) is 3. The first-order valence-corrected chi connectivity index (χ1v) is 5.28. The van der Waals surface area contributed by atoms with Crippen LogP contribution in [0.3, 0.4) is 0 Å². The van der Waals surface area contributed by atoms with Gasteiger partial charge < -0.3 is 4.74 Å². The molecule has 16 heavy (non-hydrogen) atoms. The third-order valence-electron chi connectivity index (χ3n) is 1.60. The first-order chi connectivity index (χ1) is 7.22. The first-order valence-electron chi connectivity index (χ1n) is 3.83. The third kappa shape index (κ3) is 3.21. The number of nitrogens with zero attached hydrogens (tertiary/aromatic N) is 1. The number of alkyl halides is 3. The van der Waals surface area contributed by atoms with Gasteiger partial charge in [0.25, 0.3) is 5.24 Å². The highest BCUT2D eigenvalue weighted by atomic mass is 127. The normalized spacial score (nSPS) is 11.4. The quantitative estimate of drug-likeness (QED) is 0.596. The third-order valence-corrected chi connectivity index (χ3v) is 2.86. The minimum atomic E-state index is -4.83. The van der Waals surface area contributed by atoms with E-state index in [9.17, 15) is 18.0 Å². The van der Waals surface area contributed by atoms with Gasteiger partial charge in [0.2, 0.25) is 0 Å². The summed E-state index contributed by atoms with van der Waals surface area (Å²) >= 11 is 6.79. The van der Waals surface area contributed by atoms with Crippen molar-refractivity contribution in [2.75, 3.05) is 0 Å². The maximum Gasteiger partial charge on any atom is 0.573 e. The molecular weight excluding hydrogens is 361 g/mol. The van der Waals surface area contributed by atoms with E-state index in [0.717, 1.165) is 6.20 Å². The molecule has 0 atom stereocenters. The molecule has 8 heteroatoms. The number of ether oxygens (including phenoxy) is 1. The maximum absolute atomic E-state index is 12.0. The average molecular weight is 365 g/mol. The first kappa shape index (κ1) is 13.5. The fraction of sp³-hybridized carbons (Fsp3) is 0.250. The van der Waals surface area contributed by atoms with Crippen LogP contribution in [0.15, 0.2) is 6.20 Å². The zero-order valence-corrected chi connectivity index (χ0v) is 10.6. The van der Waals surface area contributed by atoms with Crippen LogP contribution in [-0.4, -0.2) is 16.6 Å². The predicted molar refractivity (Wildman–Crippen MR) is 58.6 cm³/mol. The smallest absolute Gasteiger partial charge is 0.403 e. The van der Waals surface area contributed by atoms with E-state index in [1.807, 2.05) is 0 Å². The highest BCUT2D eigenvalue weighted by Crippen LogP contribution is 2.30. The lowest BCUT2D eigenvalue weighted by atomic mass is 10.2. The van der Waals surface area contributed by atoms with Gasteiger partial charge in [0.15, 0.2) is 5.75 Å². The van der Waals surface area contributed by atoms with E-state index in [2.05, 4.69) is 9.72 Å². The Morgan fingerprint density at radius 3 is 2.56 bits per heavy atom. The van der Waals surface area contributed by atoms with E-state index >= 15 is 0 Å². The lowest BCUT2D eigenvalue weighted by Crippen LogP contribution is -2.19. The highest BCUT2D eigenvalue weighted by molar-refractivity contribution is 14.1. The zero-order valence-electron chi connectivity index (χ0n) is 7.73. The molecule has 0 aliphatic rings. The summed E-state index contributed by atoms with van der Waals surface area (Å²) in [5.74, 6) is -0.539. The van der Waals surface area contributed by atoms with E-state index in [0.29, 0.717) is 0 Å². The highest BCUT2D eigenvalue weighted by Gasteiger charge is 2.33. The topological polar surface area (TPSA) is 39.2 Å². The Balaban J connectivity index is 3.24. The van der Waals surface area contributed by atoms with Crippen LogP contribution in [0.5, 0.6) is 5.75 Å². The van der Waals surface area contributed by atoms with Crippen molar-refractivity contribution in [3.05, 3.63) is 21.0 Å². The number of aryl methyl sites for hydroxylation is 1. The molecule has 0 saturated carbocycles. The van der Waals surface area contributed by atoms with Gasteiger partial charge in [-0.05, 0) is 41.1 Å². The number of aromatic nitrogens is 1. The Bertz CT molecular complexity index is 436. The molecule has 0 radical (unpaired) electrons. The van der Waals surface area contributed by atoms with Gasteiger partial charge in [0.1, 0.15) is 0 Å². The molecule has 0 saturated heterocycles. The molecule has 88 valence electrons. The van der Waals surface area contributed by atoms with Crippen LogP contribution < -0.4 is 4.74 Å². The Morgan fingerprint density at radius 2 is 2.12 bits per heavy atom. The molecule has 0 amide bonds. The molecule has 0 aliphatic heterocycles. The fourth-order valence-electron chi connectivity index (χ4n) is 0.983. The number of carbonyl (C=O) groups is 1. The van der Waals surface area contributed by atoms with Crippen molar-refractivity contribution in [2.45, 2.75) is 13.3 Å². The second kappa shape index (κ2) is 4.74. The van der Waals surface area contributed by atoms with Crippen LogP contribution in [0.25, 0.3) is 0 Å². The van der Waals surface area contributed by atoms with Gasteiger partial charge in [-0.25, -0.2) is 0 Å². The number of halogens is 5. The fourth-order valence-corrected chi connectivity index (χ4v) is 2.26. The number of rotatable bonds is 2. The standard InChI is InChI=1S/C8H4ClF3INO2/c1-3-5(7(9)15)6(13)4(2-14-3)16-8(10,11)12/h2H,1H3. The monoisotopic (exact) mass is 365 g/mol. The van der Waals surface area contributed by atoms with Crippen LogP contribution in [0.1, 0.15) is 16.1 Å². The second-order valence-electron chi connectivity index (χ2n) is 2.72. The largest absolute Gasteiger partial charge is 0.573 e. The molecule has 0 N–H and O–H groups in total. The van der Waals surface area contributed by atoms with E-state index in [-0.39, 0.29) is 14.8 Å². The summed E-state index contributed by atoms with van der Waals surface area (Å²) < 4.78 is 39.6. The van der Waals surface area contributed by atoms with Gasteiger partial charge >= 0.3 is 6.36 Å². The van der Waals surface area contributed by atoms with Gasteiger partial charge in [-0.1, -0.05) is 0 Å². The van der Waals surface area contributed by atoms with Gasteiger partial charge in [-0.15, -0.1) is 13.2 Å². The van der Waals surface area contributed by atoms with E-state index in [4.69, 9.17) is 11.6 Å². The molecule has 1 heterocycles. The Kier molecular flexibility index (Phi) is 4.00. The molecule has 0 spiro atoms.